The molecular weight excluding hydrogens is 90.1 g/mol. The summed E-state index contributed by atoms with van der Waals surface area (Å²) >= 11 is 0. The van der Waals surface area contributed by atoms with Crippen LogP contribution in [0.15, 0.2) is 0 Å². The number of nitrogens with zero attached hydrogens (tertiary/aromatic N) is 2. The van der Waals surface area contributed by atoms with Gasteiger partial charge in [-0.15, -0.1) is 0 Å². The smallest absolute Gasteiger partial charge is 0.0594 e. The normalized spacial score (nSPS) is 11.1. The van der Waals surface area contributed by atoms with Crippen molar-refractivity contribution in [3.8, 4) is 0 Å². The van der Waals surface area contributed by atoms with Gasteiger partial charge in [0.1, 0.15) is 0 Å². The Kier molecular flexibility index (Phi) is 2.91. The van der Waals surface area contributed by atoms with Crippen molar-refractivity contribution >= 4 is 0 Å². The van der Waals surface area contributed by atoms with Gasteiger partial charge in [-0.05, 0) is 0 Å². The van der Waals surface area contributed by atoms with Crippen LogP contribution in [0.4, 0.5) is 0 Å². The molecule has 0 aromatic heterocycles. The van der Waals surface area contributed by atoms with Crippen molar-refractivity contribution in [2.75, 3.05) is 27.8 Å². The van der Waals surface area contributed by atoms with E-state index in [2.05, 4.69) is 0 Å². The summed E-state index contributed by atoms with van der Waals surface area (Å²) in [5.41, 5.74) is 5.26. The van der Waals surface area contributed by atoms with Crippen LogP contribution in [0.1, 0.15) is 0 Å². The van der Waals surface area contributed by atoms with E-state index in [1.165, 1.54) is 0 Å². The van der Waals surface area contributed by atoms with Crippen molar-refractivity contribution in [1.29, 1.82) is 0 Å². The summed E-state index contributed by atoms with van der Waals surface area (Å²) in [4.78, 5) is 0. The molecule has 44 valence electrons. The van der Waals surface area contributed by atoms with Crippen LogP contribution in [-0.2, 0) is 0 Å². The molecule has 3 nitrogen and oxygen atoms in total. The van der Waals surface area contributed by atoms with Gasteiger partial charge in [0.25, 0.3) is 0 Å². The zero-order valence-electron chi connectivity index (χ0n) is 5.18. The topological polar surface area (TPSA) is 32.5 Å². The van der Waals surface area contributed by atoms with Crippen molar-refractivity contribution in [3.63, 3.8) is 0 Å². The van der Waals surface area contributed by atoms with Crippen LogP contribution in [0.5, 0.6) is 0 Å². The second-order valence-corrected chi connectivity index (χ2v) is 1.69. The van der Waals surface area contributed by atoms with Gasteiger partial charge in [0.05, 0.1) is 6.67 Å². The number of hydrogen-bond acceptors (Lipinski definition) is 3. The molecule has 0 bridgehead atoms. The van der Waals surface area contributed by atoms with Gasteiger partial charge in [0, 0.05) is 21.1 Å². The maximum absolute atomic E-state index is 5.26. The van der Waals surface area contributed by atoms with Crippen molar-refractivity contribution in [1.82, 2.24) is 10.0 Å². The molecule has 0 atom stereocenters. The highest BCUT2D eigenvalue weighted by atomic mass is 15.6. The average Bonchev–Trinajstić information content (AvgIpc) is 1.65. The van der Waals surface area contributed by atoms with Crippen LogP contribution < -0.4 is 5.73 Å². The molecule has 0 unspecified atom stereocenters. The standard InChI is InChI=1S/C4H13N3/c1-6(2)7(3)4-5/h4-5H2,1-3H3. The molecule has 0 aliphatic heterocycles. The van der Waals surface area contributed by atoms with Gasteiger partial charge in [-0.3, -0.25) is 0 Å². The fourth-order valence-electron chi connectivity index (χ4n) is 0.163. The molecule has 0 aliphatic carbocycles. The molecular formula is C4H13N3. The first-order valence-electron chi connectivity index (χ1n) is 2.27. The molecule has 0 spiro atoms. The van der Waals surface area contributed by atoms with Crippen LogP contribution in [0.3, 0.4) is 0 Å². The van der Waals surface area contributed by atoms with Crippen LogP contribution in [0.25, 0.3) is 0 Å². The maximum Gasteiger partial charge on any atom is 0.0594 e. The molecule has 0 saturated carbocycles. The van der Waals surface area contributed by atoms with E-state index in [1.54, 1.807) is 0 Å². The molecule has 0 fully saturated rings. The molecule has 7 heavy (non-hydrogen) atoms. The van der Waals surface area contributed by atoms with Crippen LogP contribution in [0, 0.1) is 0 Å². The number of hydrogen-bond donors (Lipinski definition) is 1. The Balaban J connectivity index is 3.14. The second kappa shape index (κ2) is 2.96. The van der Waals surface area contributed by atoms with Crippen molar-refractivity contribution in [2.45, 2.75) is 0 Å². The Morgan fingerprint density at radius 1 is 1.29 bits per heavy atom. The molecule has 0 aromatic carbocycles. The Bertz CT molecular complexity index is 44.2. The first-order chi connectivity index (χ1) is 3.18. The summed E-state index contributed by atoms with van der Waals surface area (Å²) in [7, 11) is 5.83. The molecule has 0 aliphatic rings. The summed E-state index contributed by atoms with van der Waals surface area (Å²) in [6, 6.07) is 0. The number of hydrazine groups is 1. The Morgan fingerprint density at radius 3 is 1.71 bits per heavy atom. The van der Waals surface area contributed by atoms with Gasteiger partial charge < -0.3 is 5.73 Å². The molecule has 2 N–H and O–H groups in total. The molecule has 0 rings (SSSR count). The Hall–Kier alpha value is -0.120. The first-order valence-corrected chi connectivity index (χ1v) is 2.27. The monoisotopic (exact) mass is 103 g/mol. The van der Waals surface area contributed by atoms with Crippen molar-refractivity contribution in [2.24, 2.45) is 5.73 Å². The molecule has 0 radical (unpaired) electrons. The third-order valence-corrected chi connectivity index (χ3v) is 0.947. The molecule has 0 aromatic rings. The zero-order valence-corrected chi connectivity index (χ0v) is 5.18. The van der Waals surface area contributed by atoms with E-state index in [1.807, 2.05) is 31.2 Å². The third-order valence-electron chi connectivity index (χ3n) is 0.947. The highest BCUT2D eigenvalue weighted by Crippen LogP contribution is 1.76. The predicted octanol–water partition coefficient (Wildman–Crippen LogP) is -0.689. The van der Waals surface area contributed by atoms with Gasteiger partial charge in [-0.1, -0.05) is 0 Å². The fourth-order valence-corrected chi connectivity index (χ4v) is 0.163. The Labute approximate surface area is 44.7 Å². The first kappa shape index (κ1) is 6.88. The van der Waals surface area contributed by atoms with E-state index in [0.29, 0.717) is 6.67 Å². The maximum atomic E-state index is 5.26. The molecule has 3 heteroatoms. The van der Waals surface area contributed by atoms with Crippen molar-refractivity contribution in [3.05, 3.63) is 0 Å². The van der Waals surface area contributed by atoms with E-state index in [4.69, 9.17) is 5.73 Å². The van der Waals surface area contributed by atoms with E-state index in [-0.39, 0.29) is 0 Å². The lowest BCUT2D eigenvalue weighted by Gasteiger charge is -2.21. The van der Waals surface area contributed by atoms with Gasteiger partial charge in [-0.25, -0.2) is 10.0 Å². The van der Waals surface area contributed by atoms with Crippen LogP contribution in [-0.4, -0.2) is 37.8 Å². The summed E-state index contributed by atoms with van der Waals surface area (Å²) < 4.78 is 0. The zero-order chi connectivity index (χ0) is 5.86. The minimum Gasteiger partial charge on any atom is -0.317 e. The third kappa shape index (κ3) is 2.56. The molecule has 0 heterocycles. The van der Waals surface area contributed by atoms with Gasteiger partial charge >= 0.3 is 0 Å². The summed E-state index contributed by atoms with van der Waals surface area (Å²) in [5.74, 6) is 0. The quantitative estimate of drug-likeness (QED) is 0.371. The fraction of sp³-hybridized carbons (Fsp3) is 1.00. The van der Waals surface area contributed by atoms with E-state index in [0.717, 1.165) is 0 Å². The minimum absolute atomic E-state index is 0.576. The highest BCUT2D eigenvalue weighted by molar-refractivity contribution is 4.30. The molecule has 0 amide bonds. The van der Waals surface area contributed by atoms with E-state index < -0.39 is 0 Å². The van der Waals surface area contributed by atoms with Crippen molar-refractivity contribution < 1.29 is 0 Å². The van der Waals surface area contributed by atoms with E-state index in [9.17, 15) is 0 Å². The highest BCUT2D eigenvalue weighted by Gasteiger charge is 1.91. The second-order valence-electron chi connectivity index (χ2n) is 1.69. The number of nitrogens with two attached hydrogens (primary N) is 1. The molecule has 0 saturated heterocycles. The minimum atomic E-state index is 0.576. The van der Waals surface area contributed by atoms with E-state index >= 15 is 0 Å². The SMILES string of the molecule is CN(C)N(C)CN. The summed E-state index contributed by atoms with van der Waals surface area (Å²) in [5, 5.41) is 3.83. The van der Waals surface area contributed by atoms with Gasteiger partial charge in [-0.2, -0.15) is 0 Å². The summed E-state index contributed by atoms with van der Waals surface area (Å²) in [6.45, 7) is 0.576. The Morgan fingerprint density at radius 2 is 1.71 bits per heavy atom. The lowest BCUT2D eigenvalue weighted by Crippen LogP contribution is -2.37. The number of rotatable bonds is 2. The average molecular weight is 103 g/mol. The van der Waals surface area contributed by atoms with Gasteiger partial charge in [0.15, 0.2) is 0 Å². The largest absolute Gasteiger partial charge is 0.317 e. The lowest BCUT2D eigenvalue weighted by molar-refractivity contribution is 0.0595. The predicted molar refractivity (Wildman–Crippen MR) is 30.5 cm³/mol. The van der Waals surface area contributed by atoms with Crippen LogP contribution >= 0.6 is 0 Å². The summed E-state index contributed by atoms with van der Waals surface area (Å²) in [6.07, 6.45) is 0. The lowest BCUT2D eigenvalue weighted by atomic mass is 10.9. The van der Waals surface area contributed by atoms with Gasteiger partial charge in [0.2, 0.25) is 0 Å². The van der Waals surface area contributed by atoms with Crippen LogP contribution in [0.2, 0.25) is 0 Å².